The SMILES string of the molecule is CC1(C)c2ccccc2N(c2cc(-c3ccc(N(c4ccccc4)c4cccc5c4oc4ccccc45)cc3)c3oc4ccccc4c3c2)c2ccccc21. The topological polar surface area (TPSA) is 32.8 Å². The first-order valence-corrected chi connectivity index (χ1v) is 18.8. The summed E-state index contributed by atoms with van der Waals surface area (Å²) in [6, 6.07) is 64.6. The lowest BCUT2D eigenvalue weighted by molar-refractivity contribution is 0.632. The third-order valence-electron chi connectivity index (χ3n) is 11.4. The molecule has 0 atom stereocenters. The highest BCUT2D eigenvalue weighted by atomic mass is 16.3. The molecule has 11 rings (SSSR count). The first kappa shape index (κ1) is 31.5. The van der Waals surface area contributed by atoms with E-state index in [2.05, 4.69) is 187 Å². The predicted octanol–water partition coefficient (Wildman–Crippen LogP) is 14.7. The summed E-state index contributed by atoms with van der Waals surface area (Å²) < 4.78 is 13.3. The zero-order valence-corrected chi connectivity index (χ0v) is 30.5. The van der Waals surface area contributed by atoms with Crippen LogP contribution in [0.2, 0.25) is 0 Å². The van der Waals surface area contributed by atoms with Crippen molar-refractivity contribution in [2.24, 2.45) is 0 Å². The number of hydrogen-bond donors (Lipinski definition) is 0. The van der Waals surface area contributed by atoms with Gasteiger partial charge in [0.25, 0.3) is 0 Å². The van der Waals surface area contributed by atoms with Gasteiger partial charge in [0.1, 0.15) is 16.7 Å². The van der Waals surface area contributed by atoms with Crippen molar-refractivity contribution < 1.29 is 8.83 Å². The first-order valence-electron chi connectivity index (χ1n) is 18.8. The molecule has 0 spiro atoms. The Morgan fingerprint density at radius 1 is 0.455 bits per heavy atom. The summed E-state index contributed by atoms with van der Waals surface area (Å²) in [4.78, 5) is 4.71. The maximum atomic E-state index is 6.70. The Bertz CT molecular complexity index is 3030. The minimum atomic E-state index is -0.147. The van der Waals surface area contributed by atoms with Crippen LogP contribution in [-0.4, -0.2) is 0 Å². The van der Waals surface area contributed by atoms with E-state index in [0.29, 0.717) is 0 Å². The molecule has 0 saturated heterocycles. The average Bonchev–Trinajstić information content (AvgIpc) is 3.81. The lowest BCUT2D eigenvalue weighted by atomic mass is 9.73. The molecule has 3 heterocycles. The number of fused-ring (bicyclic) bond motifs is 8. The molecule has 0 fully saturated rings. The molecular formula is C51H36N2O2. The van der Waals surface area contributed by atoms with E-state index >= 15 is 0 Å². The summed E-state index contributed by atoms with van der Waals surface area (Å²) in [5.41, 5.74) is 14.6. The summed E-state index contributed by atoms with van der Waals surface area (Å²) in [6.45, 7) is 4.66. The van der Waals surface area contributed by atoms with Crippen LogP contribution in [0.5, 0.6) is 0 Å². The van der Waals surface area contributed by atoms with Gasteiger partial charge in [0, 0.05) is 49.6 Å². The second kappa shape index (κ2) is 12.0. The third-order valence-corrected chi connectivity index (χ3v) is 11.4. The van der Waals surface area contributed by atoms with Gasteiger partial charge in [-0.1, -0.05) is 129 Å². The Hall–Kier alpha value is -7.04. The van der Waals surface area contributed by atoms with Gasteiger partial charge in [-0.2, -0.15) is 0 Å². The van der Waals surface area contributed by atoms with Gasteiger partial charge in [0.05, 0.1) is 17.1 Å². The van der Waals surface area contributed by atoms with E-state index in [4.69, 9.17) is 8.83 Å². The number of benzene rings is 8. The number of anilines is 6. The lowest BCUT2D eigenvalue weighted by Crippen LogP contribution is -2.30. The third kappa shape index (κ3) is 4.78. The van der Waals surface area contributed by atoms with Crippen molar-refractivity contribution in [3.05, 3.63) is 193 Å². The minimum absolute atomic E-state index is 0.147. The normalized spacial score (nSPS) is 13.4. The molecule has 2 aromatic heterocycles. The summed E-state index contributed by atoms with van der Waals surface area (Å²) >= 11 is 0. The van der Waals surface area contributed by atoms with Crippen LogP contribution in [0.3, 0.4) is 0 Å². The quantitative estimate of drug-likeness (QED) is 0.178. The molecule has 4 nitrogen and oxygen atoms in total. The van der Waals surface area contributed by atoms with Crippen molar-refractivity contribution in [3.8, 4) is 11.1 Å². The van der Waals surface area contributed by atoms with Crippen LogP contribution in [0, 0.1) is 0 Å². The largest absolute Gasteiger partial charge is 0.455 e. The van der Waals surface area contributed by atoms with E-state index in [1.54, 1.807) is 0 Å². The Labute approximate surface area is 319 Å². The zero-order chi connectivity index (χ0) is 36.7. The van der Waals surface area contributed by atoms with Crippen LogP contribution in [0.1, 0.15) is 25.0 Å². The molecule has 4 heteroatoms. The fourth-order valence-corrected chi connectivity index (χ4v) is 8.81. The first-order chi connectivity index (χ1) is 27.0. The van der Waals surface area contributed by atoms with Gasteiger partial charge >= 0.3 is 0 Å². The Morgan fingerprint density at radius 2 is 1.00 bits per heavy atom. The van der Waals surface area contributed by atoms with E-state index < -0.39 is 0 Å². The second-order valence-electron chi connectivity index (χ2n) is 14.9. The number of para-hydroxylation sites is 6. The van der Waals surface area contributed by atoms with Crippen molar-refractivity contribution in [1.82, 2.24) is 0 Å². The maximum Gasteiger partial charge on any atom is 0.159 e. The number of nitrogens with zero attached hydrogens (tertiary/aromatic N) is 2. The van der Waals surface area contributed by atoms with Crippen LogP contribution in [0.15, 0.2) is 191 Å². The Kier molecular flexibility index (Phi) is 6.86. The zero-order valence-electron chi connectivity index (χ0n) is 30.5. The van der Waals surface area contributed by atoms with Gasteiger partial charge in [-0.15, -0.1) is 0 Å². The molecule has 10 aromatic rings. The summed E-state index contributed by atoms with van der Waals surface area (Å²) in [7, 11) is 0. The van der Waals surface area contributed by atoms with Crippen LogP contribution >= 0.6 is 0 Å². The Balaban J connectivity index is 1.11. The van der Waals surface area contributed by atoms with Gasteiger partial charge in [0.15, 0.2) is 5.58 Å². The molecule has 0 aliphatic carbocycles. The van der Waals surface area contributed by atoms with Crippen molar-refractivity contribution >= 4 is 78.0 Å². The molecule has 0 bridgehead atoms. The average molecular weight is 709 g/mol. The van der Waals surface area contributed by atoms with Gasteiger partial charge < -0.3 is 18.6 Å². The highest BCUT2D eigenvalue weighted by Gasteiger charge is 2.37. The number of furan rings is 2. The highest BCUT2D eigenvalue weighted by Crippen LogP contribution is 2.53. The number of hydrogen-bond acceptors (Lipinski definition) is 4. The van der Waals surface area contributed by atoms with Crippen molar-refractivity contribution in [2.75, 3.05) is 9.80 Å². The molecule has 0 saturated carbocycles. The summed E-state index contributed by atoms with van der Waals surface area (Å²) in [5, 5.41) is 4.40. The minimum Gasteiger partial charge on any atom is -0.455 e. The molecule has 1 aliphatic heterocycles. The monoisotopic (exact) mass is 708 g/mol. The summed E-state index contributed by atoms with van der Waals surface area (Å²) in [5.74, 6) is 0. The molecule has 0 N–H and O–H groups in total. The molecule has 0 radical (unpaired) electrons. The molecule has 0 amide bonds. The van der Waals surface area contributed by atoms with Crippen molar-refractivity contribution in [2.45, 2.75) is 19.3 Å². The highest BCUT2D eigenvalue weighted by molar-refractivity contribution is 6.12. The van der Waals surface area contributed by atoms with Gasteiger partial charge in [-0.25, -0.2) is 0 Å². The molecule has 1 aliphatic rings. The van der Waals surface area contributed by atoms with E-state index in [1.807, 2.05) is 18.2 Å². The number of rotatable bonds is 5. The van der Waals surface area contributed by atoms with Gasteiger partial charge in [-0.3, -0.25) is 0 Å². The van der Waals surface area contributed by atoms with Crippen LogP contribution in [0.25, 0.3) is 55.0 Å². The maximum absolute atomic E-state index is 6.70. The van der Waals surface area contributed by atoms with E-state index in [1.165, 1.54) is 22.5 Å². The van der Waals surface area contributed by atoms with E-state index in [0.717, 1.165) is 77.8 Å². The standard InChI is InChI=1S/C51H36N2O2/c1-51(2)42-20-8-10-22-44(42)53(45-23-11-9-21-43(45)51)36-31-40(49-41(32-36)38-18-7-13-26-48(38)54-49)33-27-29-35(30-28-33)52(34-15-4-3-5-16-34)46-24-14-19-39-37-17-6-12-25-47(37)55-50(39)46/h3-32H,1-2H3. The van der Waals surface area contributed by atoms with Crippen molar-refractivity contribution in [3.63, 3.8) is 0 Å². The fourth-order valence-electron chi connectivity index (χ4n) is 8.81. The van der Waals surface area contributed by atoms with Crippen LogP contribution < -0.4 is 9.80 Å². The van der Waals surface area contributed by atoms with Gasteiger partial charge in [0.2, 0.25) is 0 Å². The predicted molar refractivity (Wildman–Crippen MR) is 228 cm³/mol. The molecule has 8 aromatic carbocycles. The summed E-state index contributed by atoms with van der Waals surface area (Å²) in [6.07, 6.45) is 0. The van der Waals surface area contributed by atoms with Crippen LogP contribution in [-0.2, 0) is 5.41 Å². The smallest absolute Gasteiger partial charge is 0.159 e. The second-order valence-corrected chi connectivity index (χ2v) is 14.9. The molecule has 0 unspecified atom stereocenters. The van der Waals surface area contributed by atoms with Crippen LogP contribution in [0.4, 0.5) is 34.1 Å². The Morgan fingerprint density at radius 3 is 1.69 bits per heavy atom. The van der Waals surface area contributed by atoms with Crippen molar-refractivity contribution in [1.29, 1.82) is 0 Å². The molecule has 55 heavy (non-hydrogen) atoms. The molecule has 262 valence electrons. The fraction of sp³-hybridized carbons (Fsp3) is 0.0588. The lowest BCUT2D eigenvalue weighted by Gasteiger charge is -2.42. The van der Waals surface area contributed by atoms with Gasteiger partial charge in [-0.05, 0) is 83.4 Å². The van der Waals surface area contributed by atoms with E-state index in [-0.39, 0.29) is 5.41 Å². The van der Waals surface area contributed by atoms with E-state index in [9.17, 15) is 0 Å². The molecular weight excluding hydrogens is 673 g/mol.